The summed E-state index contributed by atoms with van der Waals surface area (Å²) in [5.41, 5.74) is 6.32. The highest BCUT2D eigenvalue weighted by Gasteiger charge is 2.10. The third-order valence-corrected chi connectivity index (χ3v) is 3.63. The van der Waals surface area contributed by atoms with Crippen LogP contribution < -0.4 is 15.2 Å². The van der Waals surface area contributed by atoms with Crippen LogP contribution in [0.15, 0.2) is 46.0 Å². The third-order valence-electron chi connectivity index (χ3n) is 3.03. The number of ether oxygens (including phenoxy) is 2. The molecule has 1 aromatic carbocycles. The summed E-state index contributed by atoms with van der Waals surface area (Å²) in [6.07, 6.45) is 0. The van der Waals surface area contributed by atoms with E-state index in [1.54, 1.807) is 12.1 Å². The van der Waals surface area contributed by atoms with E-state index < -0.39 is 12.4 Å². The van der Waals surface area contributed by atoms with Crippen LogP contribution in [0.2, 0.25) is 0 Å². The first-order valence-corrected chi connectivity index (χ1v) is 7.94. The second kappa shape index (κ2) is 9.09. The van der Waals surface area contributed by atoms with Gasteiger partial charge in [-0.15, -0.1) is 0 Å². The summed E-state index contributed by atoms with van der Waals surface area (Å²) in [7, 11) is 1.46. The summed E-state index contributed by atoms with van der Waals surface area (Å²) in [4.78, 5) is 21.0. The van der Waals surface area contributed by atoms with Gasteiger partial charge in [0.1, 0.15) is 11.4 Å². The molecule has 0 aliphatic heterocycles. The molecule has 0 bridgehead atoms. The molecule has 0 aliphatic rings. The molecule has 2 aromatic rings. The van der Waals surface area contributed by atoms with Gasteiger partial charge < -0.3 is 20.0 Å². The van der Waals surface area contributed by atoms with Crippen molar-refractivity contribution < 1.29 is 27.9 Å². The van der Waals surface area contributed by atoms with Gasteiger partial charge in [0.2, 0.25) is 11.7 Å². The van der Waals surface area contributed by atoms with E-state index in [-0.39, 0.29) is 23.8 Å². The van der Waals surface area contributed by atoms with Gasteiger partial charge in [-0.1, -0.05) is 5.16 Å². The topological polar surface area (TPSA) is 96.0 Å². The number of benzene rings is 1. The smallest absolute Gasteiger partial charge is 0.387 e. The van der Waals surface area contributed by atoms with E-state index in [2.05, 4.69) is 30.8 Å². The zero-order chi connectivity index (χ0) is 19.1. The number of nitrogens with two attached hydrogens (primary N) is 1. The number of carbonyl (C=O) groups is 1. The number of ketones is 1. The Hall–Kier alpha value is -2.75. The lowest BCUT2D eigenvalue weighted by molar-refractivity contribution is -0.0498. The number of rotatable bonds is 8. The van der Waals surface area contributed by atoms with Gasteiger partial charge in [0.05, 0.1) is 11.6 Å². The van der Waals surface area contributed by atoms with Gasteiger partial charge in [-0.25, -0.2) is 4.98 Å². The van der Waals surface area contributed by atoms with E-state index >= 15 is 0 Å². The van der Waals surface area contributed by atoms with E-state index in [1.807, 2.05) is 0 Å². The van der Waals surface area contributed by atoms with Crippen molar-refractivity contribution in [1.82, 2.24) is 4.98 Å². The molecule has 0 saturated heterocycles. The van der Waals surface area contributed by atoms with Crippen LogP contribution in [0.3, 0.4) is 0 Å². The van der Waals surface area contributed by atoms with Crippen LogP contribution >= 0.6 is 15.9 Å². The Morgan fingerprint density at radius 3 is 2.58 bits per heavy atom. The molecule has 0 unspecified atom stereocenters. The van der Waals surface area contributed by atoms with Crippen LogP contribution in [0.25, 0.3) is 0 Å². The van der Waals surface area contributed by atoms with Crippen molar-refractivity contribution in [1.29, 1.82) is 0 Å². The largest absolute Gasteiger partial charge is 0.480 e. The second-order valence-electron chi connectivity index (χ2n) is 4.76. The molecule has 10 heteroatoms. The molecule has 2 N–H and O–H groups in total. The number of amidine groups is 1. The summed E-state index contributed by atoms with van der Waals surface area (Å²) in [6, 6.07) is 8.48. The lowest BCUT2D eigenvalue weighted by Crippen LogP contribution is -2.17. The molecule has 0 amide bonds. The lowest BCUT2D eigenvalue weighted by Gasteiger charge is -2.06. The quantitative estimate of drug-likeness (QED) is 0.300. The molecule has 0 aliphatic carbocycles. The Bertz CT molecular complexity index is 801. The molecular weight excluding hydrogens is 416 g/mol. The van der Waals surface area contributed by atoms with Crippen molar-refractivity contribution in [2.24, 2.45) is 10.9 Å². The van der Waals surface area contributed by atoms with Gasteiger partial charge in [0, 0.05) is 5.56 Å². The van der Waals surface area contributed by atoms with E-state index in [1.165, 1.54) is 31.4 Å². The van der Waals surface area contributed by atoms with Crippen LogP contribution in [0, 0.1) is 0 Å². The molecule has 138 valence electrons. The summed E-state index contributed by atoms with van der Waals surface area (Å²) >= 11 is 3.26. The first kappa shape index (κ1) is 19.6. The van der Waals surface area contributed by atoms with E-state index in [0.717, 1.165) is 0 Å². The standard InChI is InChI=1S/C16H14BrF2N3O4/c1-24-15-11(17)6-7-12(21-15)14(20)22-25-8-13(23)9-2-4-10(5-3-9)26-16(18)19/h2-7,16H,8H2,1H3,(H2,20,22). The van der Waals surface area contributed by atoms with Crippen molar-refractivity contribution in [3.8, 4) is 11.6 Å². The highest BCUT2D eigenvalue weighted by atomic mass is 79.9. The zero-order valence-electron chi connectivity index (χ0n) is 13.5. The number of halogens is 3. The van der Waals surface area contributed by atoms with Gasteiger partial charge in [-0.3, -0.25) is 4.79 Å². The average Bonchev–Trinajstić information content (AvgIpc) is 2.62. The predicted molar refractivity (Wildman–Crippen MR) is 92.6 cm³/mol. The normalized spacial score (nSPS) is 11.3. The van der Waals surface area contributed by atoms with Gasteiger partial charge >= 0.3 is 6.61 Å². The van der Waals surface area contributed by atoms with E-state index in [4.69, 9.17) is 15.3 Å². The number of nitrogens with zero attached hydrogens (tertiary/aromatic N) is 2. The van der Waals surface area contributed by atoms with Crippen molar-refractivity contribution >= 4 is 27.5 Å². The van der Waals surface area contributed by atoms with Crippen LogP contribution in [0.1, 0.15) is 16.1 Å². The van der Waals surface area contributed by atoms with Crippen molar-refractivity contribution in [3.05, 3.63) is 52.1 Å². The fourth-order valence-corrected chi connectivity index (χ4v) is 2.20. The number of Topliss-reactive ketones (excluding diaryl/α,β-unsaturated/α-hetero) is 1. The minimum Gasteiger partial charge on any atom is -0.480 e. The first-order valence-electron chi connectivity index (χ1n) is 7.15. The van der Waals surface area contributed by atoms with E-state index in [0.29, 0.717) is 16.0 Å². The van der Waals surface area contributed by atoms with Crippen molar-refractivity contribution in [2.75, 3.05) is 13.7 Å². The Kier molecular flexibility index (Phi) is 6.84. The number of hydrogen-bond donors (Lipinski definition) is 1. The molecule has 1 heterocycles. The van der Waals surface area contributed by atoms with Crippen molar-refractivity contribution in [2.45, 2.75) is 6.61 Å². The molecular formula is C16H14BrF2N3O4. The maximum absolute atomic E-state index is 12.1. The average molecular weight is 430 g/mol. The minimum absolute atomic E-state index is 0.0377. The number of aromatic nitrogens is 1. The van der Waals surface area contributed by atoms with Crippen LogP contribution in [0.5, 0.6) is 11.6 Å². The fraction of sp³-hybridized carbons (Fsp3) is 0.188. The molecule has 0 radical (unpaired) electrons. The van der Waals surface area contributed by atoms with Gasteiger partial charge in [0.15, 0.2) is 12.4 Å². The van der Waals surface area contributed by atoms with Crippen molar-refractivity contribution in [3.63, 3.8) is 0 Å². The highest BCUT2D eigenvalue weighted by molar-refractivity contribution is 9.10. The summed E-state index contributed by atoms with van der Waals surface area (Å²) in [6.45, 7) is -3.31. The zero-order valence-corrected chi connectivity index (χ0v) is 15.1. The number of carbonyl (C=O) groups excluding carboxylic acids is 1. The Morgan fingerprint density at radius 2 is 1.96 bits per heavy atom. The lowest BCUT2D eigenvalue weighted by atomic mass is 10.1. The number of hydrogen-bond acceptors (Lipinski definition) is 6. The SMILES string of the molecule is COc1nc(/C(N)=N/OCC(=O)c2ccc(OC(F)F)cc2)ccc1Br. The number of oxime groups is 1. The molecule has 26 heavy (non-hydrogen) atoms. The summed E-state index contributed by atoms with van der Waals surface area (Å²) < 4.78 is 34.1. The minimum atomic E-state index is -2.93. The van der Waals surface area contributed by atoms with Gasteiger partial charge in [-0.05, 0) is 52.3 Å². The number of alkyl halides is 2. The molecule has 0 spiro atoms. The monoisotopic (exact) mass is 429 g/mol. The third kappa shape index (κ3) is 5.38. The molecule has 7 nitrogen and oxygen atoms in total. The van der Waals surface area contributed by atoms with Crippen LogP contribution in [-0.2, 0) is 4.84 Å². The predicted octanol–water partition coefficient (Wildman–Crippen LogP) is 2.97. The first-order chi connectivity index (χ1) is 12.4. The molecule has 2 rings (SSSR count). The second-order valence-corrected chi connectivity index (χ2v) is 5.62. The Balaban J connectivity index is 1.95. The molecule has 0 fully saturated rings. The number of pyridine rings is 1. The number of methoxy groups -OCH3 is 1. The Morgan fingerprint density at radius 1 is 1.27 bits per heavy atom. The van der Waals surface area contributed by atoms with Crippen LogP contribution in [-0.4, -0.2) is 36.9 Å². The molecule has 1 aromatic heterocycles. The Labute approximate surface area is 155 Å². The summed E-state index contributed by atoms with van der Waals surface area (Å²) in [5.74, 6) is -0.173. The van der Waals surface area contributed by atoms with E-state index in [9.17, 15) is 13.6 Å². The van der Waals surface area contributed by atoms with Gasteiger partial charge in [-0.2, -0.15) is 8.78 Å². The molecule has 0 atom stereocenters. The molecule has 0 saturated carbocycles. The maximum atomic E-state index is 12.1. The summed E-state index contributed by atoms with van der Waals surface area (Å²) in [5, 5.41) is 3.64. The highest BCUT2D eigenvalue weighted by Crippen LogP contribution is 2.21. The maximum Gasteiger partial charge on any atom is 0.387 e. The van der Waals surface area contributed by atoms with Crippen LogP contribution in [0.4, 0.5) is 8.78 Å². The van der Waals surface area contributed by atoms with Gasteiger partial charge in [0.25, 0.3) is 0 Å². The fourth-order valence-electron chi connectivity index (χ4n) is 1.82.